The predicted octanol–water partition coefficient (Wildman–Crippen LogP) is 3.98. The van der Waals surface area contributed by atoms with Crippen LogP contribution in [0, 0.1) is 6.92 Å². The van der Waals surface area contributed by atoms with Crippen molar-refractivity contribution in [2.24, 2.45) is 0 Å². The Morgan fingerprint density at radius 3 is 2.25 bits per heavy atom. The highest BCUT2D eigenvalue weighted by Gasteiger charge is 2.11. The van der Waals surface area contributed by atoms with Crippen LogP contribution in [0.4, 0.5) is 17.2 Å². The van der Waals surface area contributed by atoms with E-state index >= 15 is 0 Å². The fraction of sp³-hybridized carbons (Fsp3) is 0.130. The minimum absolute atomic E-state index is 0.248. The smallest absolute Gasteiger partial charge is 0.255 e. The number of hydrogen-bond acceptors (Lipinski definition) is 7. The largest absolute Gasteiger partial charge is 0.493 e. The Balaban J connectivity index is 1.39. The van der Waals surface area contributed by atoms with Crippen LogP contribution >= 0.6 is 0 Å². The highest BCUT2D eigenvalue weighted by molar-refractivity contribution is 6.04. The van der Waals surface area contributed by atoms with E-state index in [0.29, 0.717) is 34.4 Å². The van der Waals surface area contributed by atoms with Gasteiger partial charge in [0, 0.05) is 23.1 Å². The molecule has 0 atom stereocenters. The van der Waals surface area contributed by atoms with E-state index in [-0.39, 0.29) is 5.91 Å². The highest BCUT2D eigenvalue weighted by atomic mass is 16.5. The molecule has 4 rings (SSSR count). The number of methoxy groups -OCH3 is 2. The molecule has 162 valence electrons. The van der Waals surface area contributed by atoms with E-state index in [1.807, 2.05) is 43.5 Å². The van der Waals surface area contributed by atoms with Crippen molar-refractivity contribution in [2.75, 3.05) is 24.9 Å². The normalized spacial score (nSPS) is 10.5. The maximum absolute atomic E-state index is 12.6. The van der Waals surface area contributed by atoms with Gasteiger partial charge in [0.25, 0.3) is 5.91 Å². The molecule has 9 heteroatoms. The Morgan fingerprint density at radius 2 is 1.62 bits per heavy atom. The number of aryl methyl sites for hydroxylation is 1. The van der Waals surface area contributed by atoms with Crippen LogP contribution in [0.25, 0.3) is 5.82 Å². The van der Waals surface area contributed by atoms with Gasteiger partial charge in [-0.05, 0) is 67.6 Å². The first-order valence-electron chi connectivity index (χ1n) is 9.82. The summed E-state index contributed by atoms with van der Waals surface area (Å²) >= 11 is 0. The lowest BCUT2D eigenvalue weighted by Gasteiger charge is -2.11. The van der Waals surface area contributed by atoms with Crippen molar-refractivity contribution < 1.29 is 14.3 Å². The van der Waals surface area contributed by atoms with Crippen LogP contribution in [0.3, 0.4) is 0 Å². The number of ether oxygens (including phenoxy) is 2. The van der Waals surface area contributed by atoms with Gasteiger partial charge < -0.3 is 20.1 Å². The molecule has 4 aromatic rings. The average molecular weight is 430 g/mol. The highest BCUT2D eigenvalue weighted by Crippen LogP contribution is 2.28. The van der Waals surface area contributed by atoms with Crippen LogP contribution in [0.1, 0.15) is 16.1 Å². The zero-order chi connectivity index (χ0) is 22.5. The number of benzene rings is 2. The quantitative estimate of drug-likeness (QED) is 0.457. The molecule has 32 heavy (non-hydrogen) atoms. The van der Waals surface area contributed by atoms with E-state index in [0.717, 1.165) is 11.4 Å². The maximum atomic E-state index is 12.6. The number of carbonyl (C=O) groups is 1. The molecule has 0 aliphatic heterocycles. The fourth-order valence-corrected chi connectivity index (χ4v) is 3.02. The number of nitrogens with one attached hydrogen (secondary N) is 2. The van der Waals surface area contributed by atoms with Crippen molar-refractivity contribution in [2.45, 2.75) is 6.92 Å². The molecule has 9 nitrogen and oxygen atoms in total. The van der Waals surface area contributed by atoms with Crippen molar-refractivity contribution in [1.82, 2.24) is 20.0 Å². The molecule has 0 bridgehead atoms. The van der Waals surface area contributed by atoms with Crippen LogP contribution in [0.2, 0.25) is 0 Å². The molecule has 0 saturated heterocycles. The van der Waals surface area contributed by atoms with E-state index in [9.17, 15) is 4.79 Å². The number of aromatic nitrogens is 4. The second-order valence-electron chi connectivity index (χ2n) is 6.90. The number of carbonyl (C=O) groups excluding carboxylic acids is 1. The lowest BCUT2D eigenvalue weighted by Crippen LogP contribution is -2.12. The first kappa shape index (κ1) is 20.9. The molecule has 2 aromatic heterocycles. The Kier molecular flexibility index (Phi) is 5.98. The fourth-order valence-electron chi connectivity index (χ4n) is 3.02. The number of anilines is 3. The van der Waals surface area contributed by atoms with E-state index in [1.165, 1.54) is 7.11 Å². The molecular weight excluding hydrogens is 408 g/mol. The summed E-state index contributed by atoms with van der Waals surface area (Å²) < 4.78 is 12.1. The summed E-state index contributed by atoms with van der Waals surface area (Å²) in [5.74, 6) is 2.04. The molecule has 0 radical (unpaired) electrons. The predicted molar refractivity (Wildman–Crippen MR) is 121 cm³/mol. The number of nitrogens with zero attached hydrogens (tertiary/aromatic N) is 4. The van der Waals surface area contributed by atoms with E-state index in [2.05, 4.69) is 25.9 Å². The van der Waals surface area contributed by atoms with Gasteiger partial charge in [-0.15, -0.1) is 10.2 Å². The van der Waals surface area contributed by atoms with Gasteiger partial charge >= 0.3 is 0 Å². The Hall–Kier alpha value is -4.40. The monoisotopic (exact) mass is 430 g/mol. The summed E-state index contributed by atoms with van der Waals surface area (Å²) in [6, 6.07) is 17.9. The zero-order valence-electron chi connectivity index (χ0n) is 17.9. The van der Waals surface area contributed by atoms with E-state index in [4.69, 9.17) is 9.47 Å². The van der Waals surface area contributed by atoms with Crippen molar-refractivity contribution in [3.05, 3.63) is 78.1 Å². The minimum Gasteiger partial charge on any atom is -0.493 e. The first-order chi connectivity index (χ1) is 15.6. The van der Waals surface area contributed by atoms with Crippen molar-refractivity contribution in [3.8, 4) is 17.3 Å². The molecule has 2 aromatic carbocycles. The van der Waals surface area contributed by atoms with Crippen LogP contribution in [-0.4, -0.2) is 40.1 Å². The van der Waals surface area contributed by atoms with Crippen LogP contribution in [0.15, 0.2) is 66.9 Å². The number of rotatable bonds is 7. The lowest BCUT2D eigenvalue weighted by molar-refractivity contribution is 0.102. The minimum atomic E-state index is -0.248. The standard InChI is InChI=1S/C23H22N6O3/c1-15-12-13-29(28-15)22-11-10-21(26-27-22)24-17-5-7-18(8-6-17)25-23(30)16-4-9-19(31-2)20(14-16)32-3/h4-14H,1-3H3,(H,24,26)(H,25,30). The van der Waals surface area contributed by atoms with Gasteiger partial charge in [0.15, 0.2) is 23.1 Å². The van der Waals surface area contributed by atoms with E-state index in [1.54, 1.807) is 42.1 Å². The summed E-state index contributed by atoms with van der Waals surface area (Å²) in [5, 5.41) is 18.7. The topological polar surface area (TPSA) is 103 Å². The maximum Gasteiger partial charge on any atom is 0.255 e. The SMILES string of the molecule is COc1ccc(C(=O)Nc2ccc(Nc3ccc(-n4ccc(C)n4)nn3)cc2)cc1OC. The summed E-state index contributed by atoms with van der Waals surface area (Å²) in [4.78, 5) is 12.6. The molecule has 0 unspecified atom stereocenters. The summed E-state index contributed by atoms with van der Waals surface area (Å²) in [7, 11) is 3.08. The van der Waals surface area contributed by atoms with Crippen molar-refractivity contribution in [1.29, 1.82) is 0 Å². The molecule has 0 aliphatic carbocycles. The third-order valence-electron chi connectivity index (χ3n) is 4.67. The van der Waals surface area contributed by atoms with Crippen LogP contribution in [-0.2, 0) is 0 Å². The lowest BCUT2D eigenvalue weighted by atomic mass is 10.1. The van der Waals surface area contributed by atoms with Gasteiger partial charge in [-0.3, -0.25) is 4.79 Å². The van der Waals surface area contributed by atoms with Gasteiger partial charge in [-0.1, -0.05) is 0 Å². The van der Waals surface area contributed by atoms with Gasteiger partial charge in [-0.2, -0.15) is 5.10 Å². The molecule has 2 heterocycles. The van der Waals surface area contributed by atoms with Crippen LogP contribution in [0.5, 0.6) is 11.5 Å². The summed E-state index contributed by atoms with van der Waals surface area (Å²) in [6.45, 7) is 1.92. The second kappa shape index (κ2) is 9.17. The van der Waals surface area contributed by atoms with Gasteiger partial charge in [0.1, 0.15) is 0 Å². The summed E-state index contributed by atoms with van der Waals surface area (Å²) in [5.41, 5.74) is 2.84. The summed E-state index contributed by atoms with van der Waals surface area (Å²) in [6.07, 6.45) is 1.83. The Labute approximate surface area is 185 Å². The first-order valence-corrected chi connectivity index (χ1v) is 9.82. The molecule has 0 fully saturated rings. The third kappa shape index (κ3) is 4.67. The second-order valence-corrected chi connectivity index (χ2v) is 6.90. The molecule has 2 N–H and O–H groups in total. The van der Waals surface area contributed by atoms with E-state index < -0.39 is 0 Å². The van der Waals surface area contributed by atoms with Gasteiger partial charge in [0.2, 0.25) is 0 Å². The van der Waals surface area contributed by atoms with Gasteiger partial charge in [0.05, 0.1) is 19.9 Å². The van der Waals surface area contributed by atoms with Crippen molar-refractivity contribution in [3.63, 3.8) is 0 Å². The molecule has 1 amide bonds. The third-order valence-corrected chi connectivity index (χ3v) is 4.67. The zero-order valence-corrected chi connectivity index (χ0v) is 17.9. The molecule has 0 spiro atoms. The number of amides is 1. The molecular formula is C23H22N6O3. The molecule has 0 saturated carbocycles. The average Bonchev–Trinajstić information content (AvgIpc) is 3.26. The molecule has 0 aliphatic rings. The van der Waals surface area contributed by atoms with Crippen molar-refractivity contribution >= 4 is 23.1 Å². The van der Waals surface area contributed by atoms with Gasteiger partial charge in [-0.25, -0.2) is 4.68 Å². The number of hydrogen-bond donors (Lipinski definition) is 2. The Morgan fingerprint density at radius 1 is 0.875 bits per heavy atom. The van der Waals surface area contributed by atoms with Crippen LogP contribution < -0.4 is 20.1 Å². The Bertz CT molecular complexity index is 1220.